The van der Waals surface area contributed by atoms with Gasteiger partial charge in [-0.15, -0.1) is 11.8 Å². The van der Waals surface area contributed by atoms with Crippen LogP contribution in [0.5, 0.6) is 0 Å². The first kappa shape index (κ1) is 13.1. The lowest BCUT2D eigenvalue weighted by molar-refractivity contribution is 0.195. The maximum atomic E-state index is 9.69. The minimum Gasteiger partial charge on any atom is -0.389 e. The first-order chi connectivity index (χ1) is 8.66. The van der Waals surface area contributed by atoms with Crippen LogP contribution in [0.4, 0.5) is 0 Å². The Morgan fingerprint density at radius 2 is 2.11 bits per heavy atom. The average Bonchev–Trinajstić information content (AvgIpc) is 2.37. The van der Waals surface area contributed by atoms with E-state index >= 15 is 0 Å². The number of pyridine rings is 1. The van der Waals surface area contributed by atoms with Gasteiger partial charge in [-0.3, -0.25) is 0 Å². The summed E-state index contributed by atoms with van der Waals surface area (Å²) in [7, 11) is 0. The number of hydrogen-bond acceptors (Lipinski definition) is 3. The summed E-state index contributed by atoms with van der Waals surface area (Å²) in [5.41, 5.74) is 3.45. The summed E-state index contributed by atoms with van der Waals surface area (Å²) in [5.74, 6) is 0.873. The molecular weight excluding hydrogens is 242 g/mol. The third-order valence-corrected chi connectivity index (χ3v) is 3.80. The molecule has 0 unspecified atom stereocenters. The molecule has 2 aromatic rings. The predicted molar refractivity (Wildman–Crippen MR) is 75.6 cm³/mol. The van der Waals surface area contributed by atoms with Crippen LogP contribution in [-0.2, 0) is 5.75 Å². The van der Waals surface area contributed by atoms with Gasteiger partial charge in [0.15, 0.2) is 0 Å². The van der Waals surface area contributed by atoms with Crippen molar-refractivity contribution in [3.63, 3.8) is 0 Å². The highest BCUT2D eigenvalue weighted by molar-refractivity contribution is 7.98. The van der Waals surface area contributed by atoms with Crippen LogP contribution in [0.1, 0.15) is 29.7 Å². The van der Waals surface area contributed by atoms with Crippen molar-refractivity contribution in [1.82, 2.24) is 4.98 Å². The van der Waals surface area contributed by atoms with Gasteiger partial charge in [0.2, 0.25) is 0 Å². The van der Waals surface area contributed by atoms with Crippen LogP contribution >= 0.6 is 11.8 Å². The Bertz CT molecular complexity index is 525. The molecule has 1 N–H and O–H groups in total. The summed E-state index contributed by atoms with van der Waals surface area (Å²) >= 11 is 1.67. The molecule has 0 fully saturated rings. The van der Waals surface area contributed by atoms with Gasteiger partial charge in [0.25, 0.3) is 0 Å². The average molecular weight is 259 g/mol. The molecule has 94 valence electrons. The van der Waals surface area contributed by atoms with Gasteiger partial charge in [-0.2, -0.15) is 0 Å². The van der Waals surface area contributed by atoms with Gasteiger partial charge in [-0.25, -0.2) is 4.98 Å². The topological polar surface area (TPSA) is 33.1 Å². The third-order valence-electron chi connectivity index (χ3n) is 2.71. The van der Waals surface area contributed by atoms with Gasteiger partial charge >= 0.3 is 0 Å². The summed E-state index contributed by atoms with van der Waals surface area (Å²) in [6.07, 6.45) is 1.29. The fourth-order valence-electron chi connectivity index (χ4n) is 1.80. The van der Waals surface area contributed by atoms with Crippen molar-refractivity contribution in [3.05, 3.63) is 59.3 Å². The van der Waals surface area contributed by atoms with E-state index in [1.807, 2.05) is 12.1 Å². The Labute approximate surface area is 112 Å². The molecule has 0 saturated carbocycles. The van der Waals surface area contributed by atoms with E-state index in [0.29, 0.717) is 0 Å². The van der Waals surface area contributed by atoms with Crippen molar-refractivity contribution in [1.29, 1.82) is 0 Å². The van der Waals surface area contributed by atoms with E-state index in [2.05, 4.69) is 36.2 Å². The standard InChI is InChI=1S/C15H17NOS/c1-11-5-3-6-13(9-11)10-18-15-14(12(2)17)7-4-8-16-15/h3-9,12,17H,10H2,1-2H3/t12-/m0/s1. The number of thioether (sulfide) groups is 1. The first-order valence-corrected chi connectivity index (χ1v) is 6.96. The van der Waals surface area contributed by atoms with E-state index in [1.165, 1.54) is 11.1 Å². The molecule has 1 aromatic heterocycles. The van der Waals surface area contributed by atoms with Crippen LogP contribution < -0.4 is 0 Å². The molecule has 1 atom stereocenters. The minimum atomic E-state index is -0.473. The van der Waals surface area contributed by atoms with Crippen LogP contribution in [-0.4, -0.2) is 10.1 Å². The number of aryl methyl sites for hydroxylation is 1. The molecule has 18 heavy (non-hydrogen) atoms. The molecular formula is C15H17NOS. The summed E-state index contributed by atoms with van der Waals surface area (Å²) < 4.78 is 0. The van der Waals surface area contributed by atoms with Gasteiger partial charge in [-0.1, -0.05) is 35.9 Å². The number of nitrogens with zero attached hydrogens (tertiary/aromatic N) is 1. The van der Waals surface area contributed by atoms with E-state index in [-0.39, 0.29) is 0 Å². The summed E-state index contributed by atoms with van der Waals surface area (Å²) in [6.45, 7) is 3.86. The van der Waals surface area contributed by atoms with Crippen LogP contribution in [0.25, 0.3) is 0 Å². The van der Waals surface area contributed by atoms with Crippen molar-refractivity contribution in [2.75, 3.05) is 0 Å². The number of benzene rings is 1. The lowest BCUT2D eigenvalue weighted by atomic mass is 10.2. The molecule has 0 aliphatic rings. The molecule has 0 saturated heterocycles. The number of aliphatic hydroxyl groups is 1. The van der Waals surface area contributed by atoms with Crippen molar-refractivity contribution < 1.29 is 5.11 Å². The van der Waals surface area contributed by atoms with Crippen molar-refractivity contribution in [2.45, 2.75) is 30.7 Å². The molecule has 1 aromatic carbocycles. The van der Waals surface area contributed by atoms with Crippen LogP contribution in [0.2, 0.25) is 0 Å². The van der Waals surface area contributed by atoms with Crippen molar-refractivity contribution in [2.24, 2.45) is 0 Å². The Hall–Kier alpha value is -1.32. The second-order valence-electron chi connectivity index (χ2n) is 4.35. The van der Waals surface area contributed by atoms with E-state index in [1.54, 1.807) is 24.9 Å². The van der Waals surface area contributed by atoms with E-state index in [0.717, 1.165) is 16.3 Å². The largest absolute Gasteiger partial charge is 0.389 e. The third kappa shape index (κ3) is 3.34. The number of aliphatic hydroxyl groups excluding tert-OH is 1. The summed E-state index contributed by atoms with van der Waals surface area (Å²) in [4.78, 5) is 4.34. The Kier molecular flexibility index (Phi) is 4.39. The van der Waals surface area contributed by atoms with Crippen LogP contribution in [0, 0.1) is 6.92 Å². The van der Waals surface area contributed by atoms with Crippen molar-refractivity contribution >= 4 is 11.8 Å². The predicted octanol–water partition coefficient (Wildman–Crippen LogP) is 3.74. The molecule has 0 aliphatic carbocycles. The zero-order chi connectivity index (χ0) is 13.0. The van der Waals surface area contributed by atoms with Gasteiger partial charge in [0.1, 0.15) is 5.03 Å². The molecule has 0 spiro atoms. The Morgan fingerprint density at radius 3 is 2.83 bits per heavy atom. The van der Waals surface area contributed by atoms with Gasteiger partial charge in [-0.05, 0) is 25.5 Å². The van der Waals surface area contributed by atoms with Gasteiger partial charge in [0.05, 0.1) is 6.10 Å². The molecule has 0 bridgehead atoms. The van der Waals surface area contributed by atoms with Crippen LogP contribution in [0.15, 0.2) is 47.6 Å². The number of aromatic nitrogens is 1. The lowest BCUT2D eigenvalue weighted by Gasteiger charge is -2.10. The fourth-order valence-corrected chi connectivity index (χ4v) is 2.82. The van der Waals surface area contributed by atoms with E-state index in [4.69, 9.17) is 0 Å². The molecule has 0 amide bonds. The highest BCUT2D eigenvalue weighted by Crippen LogP contribution is 2.27. The maximum Gasteiger partial charge on any atom is 0.102 e. The Balaban J connectivity index is 2.11. The van der Waals surface area contributed by atoms with Gasteiger partial charge < -0.3 is 5.11 Å². The zero-order valence-electron chi connectivity index (χ0n) is 10.6. The molecule has 0 radical (unpaired) electrons. The quantitative estimate of drug-likeness (QED) is 0.849. The zero-order valence-corrected chi connectivity index (χ0v) is 11.4. The van der Waals surface area contributed by atoms with E-state index < -0.39 is 6.10 Å². The minimum absolute atomic E-state index is 0.473. The lowest BCUT2D eigenvalue weighted by Crippen LogP contribution is -1.96. The van der Waals surface area contributed by atoms with E-state index in [9.17, 15) is 5.11 Å². The molecule has 2 rings (SSSR count). The molecule has 1 heterocycles. The smallest absolute Gasteiger partial charge is 0.102 e. The normalized spacial score (nSPS) is 12.4. The van der Waals surface area contributed by atoms with Crippen LogP contribution in [0.3, 0.4) is 0 Å². The molecule has 3 heteroatoms. The van der Waals surface area contributed by atoms with Gasteiger partial charge in [0, 0.05) is 17.5 Å². The highest BCUT2D eigenvalue weighted by Gasteiger charge is 2.09. The second kappa shape index (κ2) is 6.03. The number of hydrogen-bond donors (Lipinski definition) is 1. The molecule has 0 aliphatic heterocycles. The monoisotopic (exact) mass is 259 g/mol. The van der Waals surface area contributed by atoms with Crippen molar-refractivity contribution in [3.8, 4) is 0 Å². The summed E-state index contributed by atoms with van der Waals surface area (Å²) in [6, 6.07) is 12.2. The first-order valence-electron chi connectivity index (χ1n) is 5.98. The SMILES string of the molecule is Cc1cccc(CSc2ncccc2[C@H](C)O)c1. The summed E-state index contributed by atoms with van der Waals surface area (Å²) in [5, 5.41) is 10.6. The highest BCUT2D eigenvalue weighted by atomic mass is 32.2. The second-order valence-corrected chi connectivity index (χ2v) is 5.32. The Morgan fingerprint density at radius 1 is 1.28 bits per heavy atom. The fraction of sp³-hybridized carbons (Fsp3) is 0.267. The maximum absolute atomic E-state index is 9.69. The number of rotatable bonds is 4. The molecule has 2 nitrogen and oxygen atoms in total.